The Morgan fingerprint density at radius 3 is 2.00 bits per heavy atom. The van der Waals surface area contributed by atoms with E-state index in [4.69, 9.17) is 19.4 Å². The van der Waals surface area contributed by atoms with Gasteiger partial charge in [-0.05, 0) is 44.0 Å². The van der Waals surface area contributed by atoms with Crippen LogP contribution in [0.2, 0.25) is 0 Å². The minimum atomic E-state index is 0.693. The number of benzene rings is 2. The van der Waals surface area contributed by atoms with Crippen LogP contribution in [0.15, 0.2) is 48.5 Å². The van der Waals surface area contributed by atoms with Gasteiger partial charge in [0, 0.05) is 24.2 Å². The van der Waals surface area contributed by atoms with Crippen molar-refractivity contribution in [1.82, 2.24) is 9.97 Å². The largest absolute Gasteiger partial charge is 0.493 e. The van der Waals surface area contributed by atoms with Crippen molar-refractivity contribution in [2.45, 2.75) is 19.8 Å². The van der Waals surface area contributed by atoms with Crippen molar-refractivity contribution in [3.8, 4) is 34.0 Å². The summed E-state index contributed by atoms with van der Waals surface area (Å²) in [4.78, 5) is 12.0. The molecular formula is C23H25N3O2. The van der Waals surface area contributed by atoms with Gasteiger partial charge < -0.3 is 14.4 Å². The van der Waals surface area contributed by atoms with Crippen LogP contribution in [0.25, 0.3) is 22.5 Å². The summed E-state index contributed by atoms with van der Waals surface area (Å²) in [5, 5.41) is 0. The summed E-state index contributed by atoms with van der Waals surface area (Å²) in [6, 6.07) is 16.4. The number of hydrogen-bond acceptors (Lipinski definition) is 5. The second-order valence-corrected chi connectivity index (χ2v) is 7.07. The maximum Gasteiger partial charge on any atom is 0.226 e. The molecule has 0 amide bonds. The Bertz CT molecular complexity index is 964. The fraction of sp³-hybridized carbons (Fsp3) is 0.304. The number of aryl methyl sites for hydroxylation is 1. The summed E-state index contributed by atoms with van der Waals surface area (Å²) >= 11 is 0. The van der Waals surface area contributed by atoms with Gasteiger partial charge in [-0.1, -0.05) is 29.8 Å². The molecule has 0 atom stereocenters. The third kappa shape index (κ3) is 3.65. The molecule has 0 spiro atoms. The van der Waals surface area contributed by atoms with Gasteiger partial charge in [0.25, 0.3) is 0 Å². The molecule has 5 nitrogen and oxygen atoms in total. The lowest BCUT2D eigenvalue weighted by molar-refractivity contribution is 0.355. The summed E-state index contributed by atoms with van der Waals surface area (Å²) < 4.78 is 10.8. The van der Waals surface area contributed by atoms with E-state index in [2.05, 4.69) is 36.1 Å². The van der Waals surface area contributed by atoms with E-state index in [-0.39, 0.29) is 0 Å². The minimum Gasteiger partial charge on any atom is -0.493 e. The molecule has 1 aromatic heterocycles. The molecule has 2 heterocycles. The molecule has 0 N–H and O–H groups in total. The van der Waals surface area contributed by atoms with Crippen LogP contribution < -0.4 is 14.4 Å². The monoisotopic (exact) mass is 375 g/mol. The van der Waals surface area contributed by atoms with Crippen molar-refractivity contribution in [2.24, 2.45) is 0 Å². The van der Waals surface area contributed by atoms with Crippen molar-refractivity contribution < 1.29 is 9.47 Å². The standard InChI is InChI=1S/C23H25N3O2/c1-16-6-8-17(9-7-16)19-15-20(25-23(24-19)26-12-4-5-13-26)18-10-11-21(27-2)22(14-18)28-3/h6-11,14-15H,4-5,12-13H2,1-3H3. The van der Waals surface area contributed by atoms with Crippen molar-refractivity contribution in [3.05, 3.63) is 54.1 Å². The molecule has 3 aromatic rings. The second kappa shape index (κ2) is 7.89. The van der Waals surface area contributed by atoms with E-state index in [1.807, 2.05) is 24.3 Å². The SMILES string of the molecule is COc1ccc(-c2cc(-c3ccc(C)cc3)nc(N3CCCC3)n2)cc1OC. The first kappa shape index (κ1) is 18.3. The number of nitrogens with zero attached hydrogens (tertiary/aromatic N) is 3. The number of methoxy groups -OCH3 is 2. The molecule has 0 bridgehead atoms. The molecule has 0 saturated carbocycles. The van der Waals surface area contributed by atoms with Crippen molar-refractivity contribution in [2.75, 3.05) is 32.2 Å². The maximum atomic E-state index is 5.48. The summed E-state index contributed by atoms with van der Waals surface area (Å²) in [6.07, 6.45) is 2.37. The third-order valence-corrected chi connectivity index (χ3v) is 5.13. The van der Waals surface area contributed by atoms with Gasteiger partial charge in [-0.15, -0.1) is 0 Å². The Morgan fingerprint density at radius 1 is 0.750 bits per heavy atom. The lowest BCUT2D eigenvalue weighted by atomic mass is 10.1. The molecule has 0 radical (unpaired) electrons. The molecule has 1 fully saturated rings. The van der Waals surface area contributed by atoms with Gasteiger partial charge in [-0.2, -0.15) is 0 Å². The zero-order valence-corrected chi connectivity index (χ0v) is 16.6. The zero-order chi connectivity index (χ0) is 19.5. The van der Waals surface area contributed by atoms with Crippen LogP contribution in [0.1, 0.15) is 18.4 Å². The predicted octanol–water partition coefficient (Wildman–Crippen LogP) is 4.74. The molecule has 1 aliphatic heterocycles. The normalized spacial score (nSPS) is 13.6. The van der Waals surface area contributed by atoms with E-state index in [0.717, 1.165) is 41.6 Å². The van der Waals surface area contributed by atoms with Gasteiger partial charge in [0.05, 0.1) is 25.6 Å². The fourth-order valence-corrected chi connectivity index (χ4v) is 3.51. The fourth-order valence-electron chi connectivity index (χ4n) is 3.51. The lowest BCUT2D eigenvalue weighted by Gasteiger charge is -2.18. The average Bonchev–Trinajstić information content (AvgIpc) is 3.28. The van der Waals surface area contributed by atoms with Crippen LogP contribution >= 0.6 is 0 Å². The number of hydrogen-bond donors (Lipinski definition) is 0. The van der Waals surface area contributed by atoms with E-state index < -0.39 is 0 Å². The van der Waals surface area contributed by atoms with Gasteiger partial charge in [-0.3, -0.25) is 0 Å². The Morgan fingerprint density at radius 2 is 1.36 bits per heavy atom. The van der Waals surface area contributed by atoms with E-state index in [0.29, 0.717) is 11.5 Å². The van der Waals surface area contributed by atoms with Gasteiger partial charge >= 0.3 is 0 Å². The Hall–Kier alpha value is -3.08. The van der Waals surface area contributed by atoms with Crippen LogP contribution in [0.5, 0.6) is 11.5 Å². The van der Waals surface area contributed by atoms with E-state index >= 15 is 0 Å². The lowest BCUT2D eigenvalue weighted by Crippen LogP contribution is -2.20. The first-order chi connectivity index (χ1) is 13.7. The molecular weight excluding hydrogens is 350 g/mol. The van der Waals surface area contributed by atoms with Crippen molar-refractivity contribution in [1.29, 1.82) is 0 Å². The zero-order valence-electron chi connectivity index (χ0n) is 16.6. The van der Waals surface area contributed by atoms with Crippen LogP contribution in [0.4, 0.5) is 5.95 Å². The topological polar surface area (TPSA) is 47.5 Å². The Labute approximate surface area is 166 Å². The first-order valence-electron chi connectivity index (χ1n) is 9.61. The minimum absolute atomic E-state index is 0.693. The molecule has 2 aromatic carbocycles. The van der Waals surface area contributed by atoms with Crippen LogP contribution in [-0.4, -0.2) is 37.3 Å². The van der Waals surface area contributed by atoms with Gasteiger partial charge in [0.15, 0.2) is 11.5 Å². The third-order valence-electron chi connectivity index (χ3n) is 5.13. The van der Waals surface area contributed by atoms with Gasteiger partial charge in [-0.25, -0.2) is 9.97 Å². The smallest absolute Gasteiger partial charge is 0.226 e. The highest BCUT2D eigenvalue weighted by molar-refractivity contribution is 5.71. The number of anilines is 1. The van der Waals surface area contributed by atoms with Crippen LogP contribution in [0.3, 0.4) is 0 Å². The summed E-state index contributed by atoms with van der Waals surface area (Å²) in [5.41, 5.74) is 5.12. The van der Waals surface area contributed by atoms with E-state index in [1.54, 1.807) is 14.2 Å². The maximum absolute atomic E-state index is 5.48. The highest BCUT2D eigenvalue weighted by Gasteiger charge is 2.18. The van der Waals surface area contributed by atoms with Gasteiger partial charge in [0.2, 0.25) is 5.95 Å². The number of aromatic nitrogens is 2. The van der Waals surface area contributed by atoms with Crippen molar-refractivity contribution in [3.63, 3.8) is 0 Å². The molecule has 28 heavy (non-hydrogen) atoms. The molecule has 0 aliphatic carbocycles. The molecule has 0 unspecified atom stereocenters. The highest BCUT2D eigenvalue weighted by Crippen LogP contribution is 2.34. The molecule has 4 rings (SSSR count). The number of ether oxygens (including phenoxy) is 2. The molecule has 5 heteroatoms. The van der Waals surface area contributed by atoms with Crippen molar-refractivity contribution >= 4 is 5.95 Å². The predicted molar refractivity (Wildman–Crippen MR) is 112 cm³/mol. The van der Waals surface area contributed by atoms with Crippen LogP contribution in [-0.2, 0) is 0 Å². The quantitative estimate of drug-likeness (QED) is 0.645. The summed E-state index contributed by atoms with van der Waals surface area (Å²) in [6.45, 7) is 4.10. The Kier molecular flexibility index (Phi) is 5.15. The van der Waals surface area contributed by atoms with Crippen LogP contribution in [0, 0.1) is 6.92 Å². The number of rotatable bonds is 5. The highest BCUT2D eigenvalue weighted by atomic mass is 16.5. The summed E-state index contributed by atoms with van der Waals surface area (Å²) in [7, 11) is 3.29. The van der Waals surface area contributed by atoms with E-state index in [1.165, 1.54) is 18.4 Å². The molecule has 144 valence electrons. The Balaban J connectivity index is 1.83. The summed E-state index contributed by atoms with van der Waals surface area (Å²) in [5.74, 6) is 2.19. The molecule has 1 aliphatic rings. The first-order valence-corrected chi connectivity index (χ1v) is 9.61. The second-order valence-electron chi connectivity index (χ2n) is 7.07. The average molecular weight is 375 g/mol. The van der Waals surface area contributed by atoms with E-state index in [9.17, 15) is 0 Å². The van der Waals surface area contributed by atoms with Gasteiger partial charge in [0.1, 0.15) is 0 Å². The molecule has 1 saturated heterocycles.